The van der Waals surface area contributed by atoms with Gasteiger partial charge in [-0.2, -0.15) is 0 Å². The largest absolute Gasteiger partial charge is 0.488 e. The minimum Gasteiger partial charge on any atom is -0.488 e. The van der Waals surface area contributed by atoms with Crippen molar-refractivity contribution < 1.29 is 4.74 Å². The highest BCUT2D eigenvalue weighted by molar-refractivity contribution is 5.58. The van der Waals surface area contributed by atoms with Crippen LogP contribution in [0.2, 0.25) is 0 Å². The van der Waals surface area contributed by atoms with Crippen molar-refractivity contribution >= 4 is 5.69 Å². The molecule has 0 radical (unpaired) electrons. The smallest absolute Gasteiger partial charge is 0.143 e. The zero-order valence-corrected chi connectivity index (χ0v) is 16.8. The van der Waals surface area contributed by atoms with E-state index in [1.54, 1.807) is 0 Å². The van der Waals surface area contributed by atoms with Gasteiger partial charge >= 0.3 is 0 Å². The minimum atomic E-state index is 0.384. The summed E-state index contributed by atoms with van der Waals surface area (Å²) in [5.41, 5.74) is 1.26. The van der Waals surface area contributed by atoms with Gasteiger partial charge in [0.15, 0.2) is 0 Å². The molecular weight excluding hydrogens is 306 g/mol. The molecule has 2 unspecified atom stereocenters. The summed E-state index contributed by atoms with van der Waals surface area (Å²) < 4.78 is 6.56. The minimum absolute atomic E-state index is 0.384. The van der Waals surface area contributed by atoms with E-state index in [4.69, 9.17) is 4.74 Å². The van der Waals surface area contributed by atoms with Crippen molar-refractivity contribution in [3.05, 3.63) is 24.3 Å². The second kappa shape index (κ2) is 11.4. The summed E-state index contributed by atoms with van der Waals surface area (Å²) in [5, 5.41) is 0. The maximum absolute atomic E-state index is 6.56. The lowest BCUT2D eigenvalue weighted by atomic mass is 9.91. The van der Waals surface area contributed by atoms with Crippen LogP contribution in [0.1, 0.15) is 84.5 Å². The maximum atomic E-state index is 6.56. The Kier molecular flexibility index (Phi) is 9.21. The monoisotopic (exact) mass is 345 g/mol. The zero-order valence-electron chi connectivity index (χ0n) is 16.8. The fourth-order valence-corrected chi connectivity index (χ4v) is 4.05. The van der Waals surface area contributed by atoms with Crippen LogP contribution in [0.3, 0.4) is 0 Å². The lowest BCUT2D eigenvalue weighted by Gasteiger charge is -2.27. The first-order valence-corrected chi connectivity index (χ1v) is 10.7. The van der Waals surface area contributed by atoms with Crippen LogP contribution >= 0.6 is 0 Å². The first kappa shape index (κ1) is 20.1. The highest BCUT2D eigenvalue weighted by atomic mass is 16.5. The molecule has 0 saturated carbocycles. The standard InChI is InChI=1S/C23H39NO/c1-4-6-8-10-12-17-22-20(15-11-9-7-5-2)19-24(3)21-16-13-14-18-23(21)25-22/h13-14,16,18,20,22H,4-12,15,17,19H2,1-3H3. The van der Waals surface area contributed by atoms with Crippen LogP contribution in [0.4, 0.5) is 5.69 Å². The van der Waals surface area contributed by atoms with E-state index < -0.39 is 0 Å². The fourth-order valence-electron chi connectivity index (χ4n) is 4.05. The number of nitrogens with zero attached hydrogens (tertiary/aromatic N) is 1. The Bertz CT molecular complexity index is 473. The van der Waals surface area contributed by atoms with Crippen molar-refractivity contribution in [2.45, 2.75) is 90.6 Å². The number of hydrogen-bond donors (Lipinski definition) is 0. The third kappa shape index (κ3) is 6.56. The number of para-hydroxylation sites is 2. The average molecular weight is 346 g/mol. The lowest BCUT2D eigenvalue weighted by Crippen LogP contribution is -2.33. The van der Waals surface area contributed by atoms with Crippen LogP contribution in [-0.4, -0.2) is 19.7 Å². The van der Waals surface area contributed by atoms with E-state index in [9.17, 15) is 0 Å². The van der Waals surface area contributed by atoms with E-state index in [0.717, 1.165) is 12.3 Å². The van der Waals surface area contributed by atoms with Crippen molar-refractivity contribution in [2.24, 2.45) is 5.92 Å². The van der Waals surface area contributed by atoms with Gasteiger partial charge in [0.05, 0.1) is 5.69 Å². The molecule has 1 aliphatic heterocycles. The van der Waals surface area contributed by atoms with Crippen molar-refractivity contribution in [3.8, 4) is 5.75 Å². The first-order valence-electron chi connectivity index (χ1n) is 10.7. The van der Waals surface area contributed by atoms with Gasteiger partial charge in [-0.1, -0.05) is 77.3 Å². The zero-order chi connectivity index (χ0) is 17.9. The number of unbranched alkanes of at least 4 members (excludes halogenated alkanes) is 7. The quantitative estimate of drug-likeness (QED) is 0.407. The molecule has 25 heavy (non-hydrogen) atoms. The second-order valence-electron chi connectivity index (χ2n) is 7.82. The molecule has 0 aromatic heterocycles. The molecule has 1 aromatic carbocycles. The van der Waals surface area contributed by atoms with Crippen molar-refractivity contribution in [2.75, 3.05) is 18.5 Å². The summed E-state index contributed by atoms with van der Waals surface area (Å²) in [6.07, 6.45) is 15.0. The highest BCUT2D eigenvalue weighted by Gasteiger charge is 2.29. The van der Waals surface area contributed by atoms with Gasteiger partial charge in [-0.15, -0.1) is 0 Å². The first-order chi connectivity index (χ1) is 12.3. The molecule has 2 rings (SSSR count). The van der Waals surface area contributed by atoms with E-state index in [2.05, 4.69) is 50.1 Å². The number of rotatable bonds is 11. The van der Waals surface area contributed by atoms with Crippen molar-refractivity contribution in [3.63, 3.8) is 0 Å². The van der Waals surface area contributed by atoms with Crippen LogP contribution in [0.5, 0.6) is 5.75 Å². The Labute approximate surface area is 156 Å². The van der Waals surface area contributed by atoms with E-state index >= 15 is 0 Å². The molecule has 0 fully saturated rings. The molecule has 0 spiro atoms. The van der Waals surface area contributed by atoms with Crippen LogP contribution in [0.25, 0.3) is 0 Å². The number of benzene rings is 1. The van der Waals surface area contributed by atoms with Gasteiger partial charge in [-0.05, 0) is 31.4 Å². The molecule has 0 saturated heterocycles. The average Bonchev–Trinajstić information content (AvgIpc) is 2.76. The van der Waals surface area contributed by atoms with Crippen LogP contribution in [0.15, 0.2) is 24.3 Å². The molecule has 2 atom stereocenters. The molecular formula is C23H39NO. The van der Waals surface area contributed by atoms with Gasteiger partial charge in [0.2, 0.25) is 0 Å². The Morgan fingerprint density at radius 3 is 2.28 bits per heavy atom. The third-order valence-corrected chi connectivity index (χ3v) is 5.61. The summed E-state index contributed by atoms with van der Waals surface area (Å²) in [6.45, 7) is 5.70. The molecule has 0 amide bonds. The number of fused-ring (bicyclic) bond motifs is 1. The van der Waals surface area contributed by atoms with E-state index in [-0.39, 0.29) is 0 Å². The Morgan fingerprint density at radius 2 is 1.52 bits per heavy atom. The summed E-state index contributed by atoms with van der Waals surface area (Å²) in [7, 11) is 2.23. The number of hydrogen-bond acceptors (Lipinski definition) is 2. The summed E-state index contributed by atoms with van der Waals surface area (Å²) in [5.74, 6) is 1.74. The van der Waals surface area contributed by atoms with Gasteiger partial charge < -0.3 is 9.64 Å². The third-order valence-electron chi connectivity index (χ3n) is 5.61. The Balaban J connectivity index is 1.97. The van der Waals surface area contributed by atoms with Gasteiger partial charge in [0, 0.05) is 19.5 Å². The lowest BCUT2D eigenvalue weighted by molar-refractivity contribution is 0.124. The molecule has 1 heterocycles. The summed E-state index contributed by atoms with van der Waals surface area (Å²) in [6, 6.07) is 8.58. The van der Waals surface area contributed by atoms with Crippen LogP contribution < -0.4 is 9.64 Å². The van der Waals surface area contributed by atoms with Gasteiger partial charge in [-0.3, -0.25) is 0 Å². The highest BCUT2D eigenvalue weighted by Crippen LogP contribution is 2.36. The summed E-state index contributed by atoms with van der Waals surface area (Å²) in [4.78, 5) is 2.41. The Morgan fingerprint density at radius 1 is 0.880 bits per heavy atom. The fraction of sp³-hybridized carbons (Fsp3) is 0.739. The molecule has 1 aliphatic rings. The predicted octanol–water partition coefficient (Wildman–Crippen LogP) is 6.83. The molecule has 0 N–H and O–H groups in total. The van der Waals surface area contributed by atoms with E-state index in [1.165, 1.54) is 76.3 Å². The number of ether oxygens (including phenoxy) is 1. The molecule has 142 valence electrons. The maximum Gasteiger partial charge on any atom is 0.143 e. The molecule has 0 bridgehead atoms. The molecule has 2 heteroatoms. The van der Waals surface area contributed by atoms with E-state index in [0.29, 0.717) is 12.0 Å². The molecule has 0 aliphatic carbocycles. The SMILES string of the molecule is CCCCCCCC1Oc2ccccc2N(C)CC1CCCCCC. The van der Waals surface area contributed by atoms with E-state index in [1.807, 2.05) is 0 Å². The van der Waals surface area contributed by atoms with Crippen molar-refractivity contribution in [1.29, 1.82) is 0 Å². The molecule has 2 nitrogen and oxygen atoms in total. The second-order valence-corrected chi connectivity index (χ2v) is 7.82. The van der Waals surface area contributed by atoms with Gasteiger partial charge in [-0.25, -0.2) is 0 Å². The van der Waals surface area contributed by atoms with Gasteiger partial charge in [0.25, 0.3) is 0 Å². The van der Waals surface area contributed by atoms with Gasteiger partial charge in [0.1, 0.15) is 11.9 Å². The number of anilines is 1. The van der Waals surface area contributed by atoms with Crippen LogP contribution in [-0.2, 0) is 0 Å². The van der Waals surface area contributed by atoms with Crippen molar-refractivity contribution in [1.82, 2.24) is 0 Å². The topological polar surface area (TPSA) is 12.5 Å². The Hall–Kier alpha value is -1.18. The van der Waals surface area contributed by atoms with Crippen LogP contribution in [0, 0.1) is 5.92 Å². The molecule has 1 aromatic rings. The summed E-state index contributed by atoms with van der Waals surface area (Å²) >= 11 is 0. The predicted molar refractivity (Wildman–Crippen MR) is 110 cm³/mol. The normalized spacial score (nSPS) is 20.0.